The van der Waals surface area contributed by atoms with E-state index >= 15 is 0 Å². The van der Waals surface area contributed by atoms with Crippen molar-refractivity contribution in [2.45, 2.75) is 6.10 Å². The minimum Gasteiger partial charge on any atom is -0.387 e. The zero-order valence-electron chi connectivity index (χ0n) is 8.25. The molecule has 90 valence electrons. The summed E-state index contributed by atoms with van der Waals surface area (Å²) < 4.78 is 48.1. The third-order valence-corrected chi connectivity index (χ3v) is 3.42. The Balaban J connectivity index is 3.10. The zero-order chi connectivity index (χ0) is 12.5. The van der Waals surface area contributed by atoms with Gasteiger partial charge in [-0.25, -0.2) is 17.2 Å². The van der Waals surface area contributed by atoms with E-state index in [0.29, 0.717) is 0 Å². The molecule has 1 rings (SSSR count). The molecule has 0 spiro atoms. The molecule has 1 N–H and O–H groups in total. The smallest absolute Gasteiger partial charge is 0.173 e. The molecule has 0 aliphatic rings. The lowest BCUT2D eigenvalue weighted by atomic mass is 10.1. The predicted octanol–water partition coefficient (Wildman–Crippen LogP) is 1.81. The molecule has 1 atom stereocenters. The first-order valence-corrected chi connectivity index (χ1v) is 7.07. The summed E-state index contributed by atoms with van der Waals surface area (Å²) in [5.41, 5.74) is -0.369. The van der Waals surface area contributed by atoms with Crippen LogP contribution < -0.4 is 0 Å². The third-order valence-electron chi connectivity index (χ3n) is 1.88. The molecule has 0 saturated carbocycles. The number of hydrogen-bond donors (Lipinski definition) is 1. The summed E-state index contributed by atoms with van der Waals surface area (Å²) in [4.78, 5) is 0. The quantitative estimate of drug-likeness (QED) is 0.866. The van der Waals surface area contributed by atoms with Crippen LogP contribution in [0.5, 0.6) is 0 Å². The second-order valence-corrected chi connectivity index (χ2v) is 6.41. The molecule has 1 aromatic rings. The lowest BCUT2D eigenvalue weighted by Crippen LogP contribution is -2.14. The topological polar surface area (TPSA) is 54.4 Å². The second kappa shape index (κ2) is 4.77. The van der Waals surface area contributed by atoms with Crippen LogP contribution in [-0.4, -0.2) is 25.5 Å². The number of aliphatic hydroxyl groups is 1. The van der Waals surface area contributed by atoms with Gasteiger partial charge in [0.15, 0.2) is 11.6 Å². The molecule has 0 radical (unpaired) electrons. The molecule has 0 aromatic heterocycles. The highest BCUT2D eigenvalue weighted by atomic mass is 79.9. The Kier molecular flexibility index (Phi) is 4.03. The summed E-state index contributed by atoms with van der Waals surface area (Å²) in [5, 5.41) is 9.45. The van der Waals surface area contributed by atoms with E-state index in [9.17, 15) is 22.3 Å². The highest BCUT2D eigenvalue weighted by Gasteiger charge is 2.21. The van der Waals surface area contributed by atoms with Crippen LogP contribution >= 0.6 is 15.9 Å². The van der Waals surface area contributed by atoms with Crippen LogP contribution in [0.3, 0.4) is 0 Å². The first kappa shape index (κ1) is 13.5. The molecule has 0 saturated heterocycles. The van der Waals surface area contributed by atoms with Crippen molar-refractivity contribution in [3.8, 4) is 0 Å². The molecule has 1 unspecified atom stereocenters. The number of rotatable bonds is 3. The molecule has 0 fully saturated rings. The molecule has 0 aliphatic heterocycles. The molecule has 1 aromatic carbocycles. The fraction of sp³-hybridized carbons (Fsp3) is 0.333. The molecule has 0 bridgehead atoms. The van der Waals surface area contributed by atoms with Crippen molar-refractivity contribution in [2.75, 3.05) is 12.0 Å². The molecular weight excluding hydrogens is 306 g/mol. The van der Waals surface area contributed by atoms with Gasteiger partial charge < -0.3 is 5.11 Å². The van der Waals surface area contributed by atoms with Gasteiger partial charge >= 0.3 is 0 Å². The van der Waals surface area contributed by atoms with Crippen molar-refractivity contribution in [2.24, 2.45) is 0 Å². The number of halogens is 3. The van der Waals surface area contributed by atoms with E-state index in [-0.39, 0.29) is 10.0 Å². The second-order valence-electron chi connectivity index (χ2n) is 3.37. The van der Waals surface area contributed by atoms with Gasteiger partial charge in [-0.2, -0.15) is 0 Å². The Morgan fingerprint density at radius 1 is 1.38 bits per heavy atom. The van der Waals surface area contributed by atoms with Crippen LogP contribution in [0.2, 0.25) is 0 Å². The van der Waals surface area contributed by atoms with Crippen molar-refractivity contribution in [3.05, 3.63) is 33.8 Å². The molecule has 16 heavy (non-hydrogen) atoms. The molecule has 0 heterocycles. The van der Waals surface area contributed by atoms with Gasteiger partial charge in [-0.05, 0) is 22.0 Å². The van der Waals surface area contributed by atoms with Crippen molar-refractivity contribution in [1.29, 1.82) is 0 Å². The molecule has 0 aliphatic carbocycles. The Bertz CT molecular complexity index is 502. The van der Waals surface area contributed by atoms with Gasteiger partial charge in [-0.15, -0.1) is 0 Å². The summed E-state index contributed by atoms with van der Waals surface area (Å²) in [7, 11) is -3.46. The largest absolute Gasteiger partial charge is 0.387 e. The summed E-state index contributed by atoms with van der Waals surface area (Å²) >= 11 is 2.78. The Morgan fingerprint density at radius 3 is 2.44 bits per heavy atom. The van der Waals surface area contributed by atoms with Crippen LogP contribution in [0, 0.1) is 11.6 Å². The minimum absolute atomic E-state index is 0.0831. The van der Waals surface area contributed by atoms with Crippen molar-refractivity contribution >= 4 is 25.8 Å². The first-order chi connectivity index (χ1) is 7.22. The van der Waals surface area contributed by atoms with Crippen molar-refractivity contribution in [3.63, 3.8) is 0 Å². The average Bonchev–Trinajstić information content (AvgIpc) is 2.11. The minimum atomic E-state index is -3.46. The van der Waals surface area contributed by atoms with Gasteiger partial charge in [-0.1, -0.05) is 6.07 Å². The van der Waals surface area contributed by atoms with Gasteiger partial charge in [0, 0.05) is 11.8 Å². The van der Waals surface area contributed by atoms with Crippen LogP contribution in [-0.2, 0) is 9.84 Å². The Morgan fingerprint density at radius 2 is 1.94 bits per heavy atom. The van der Waals surface area contributed by atoms with E-state index in [1.165, 1.54) is 6.07 Å². The monoisotopic (exact) mass is 314 g/mol. The van der Waals surface area contributed by atoms with E-state index in [2.05, 4.69) is 15.9 Å². The summed E-state index contributed by atoms with van der Waals surface area (Å²) in [6, 6.07) is 2.34. The predicted molar refractivity (Wildman–Crippen MR) is 58.7 cm³/mol. The number of benzene rings is 1. The van der Waals surface area contributed by atoms with E-state index in [1.807, 2.05) is 0 Å². The fourth-order valence-electron chi connectivity index (χ4n) is 1.17. The molecular formula is C9H9BrF2O3S. The maximum absolute atomic E-state index is 13.3. The van der Waals surface area contributed by atoms with Gasteiger partial charge in [0.2, 0.25) is 0 Å². The lowest BCUT2D eigenvalue weighted by Gasteiger charge is -2.11. The van der Waals surface area contributed by atoms with E-state index in [4.69, 9.17) is 0 Å². The summed E-state index contributed by atoms with van der Waals surface area (Å²) in [5.74, 6) is -3.04. The average molecular weight is 315 g/mol. The molecule has 0 amide bonds. The van der Waals surface area contributed by atoms with Gasteiger partial charge in [0.1, 0.15) is 9.84 Å². The van der Waals surface area contributed by atoms with Crippen molar-refractivity contribution < 1.29 is 22.3 Å². The van der Waals surface area contributed by atoms with Crippen LogP contribution in [0.1, 0.15) is 11.7 Å². The molecule has 3 nitrogen and oxygen atoms in total. The van der Waals surface area contributed by atoms with Gasteiger partial charge in [0.25, 0.3) is 0 Å². The highest BCUT2D eigenvalue weighted by molar-refractivity contribution is 9.10. The lowest BCUT2D eigenvalue weighted by molar-refractivity contribution is 0.195. The summed E-state index contributed by atoms with van der Waals surface area (Å²) in [6.07, 6.45) is -0.666. The fourth-order valence-corrected chi connectivity index (χ4v) is 2.23. The first-order valence-electron chi connectivity index (χ1n) is 4.21. The van der Waals surface area contributed by atoms with E-state index in [1.54, 1.807) is 0 Å². The standard InChI is InChI=1S/C9H9BrF2O3S/c1-16(14,15)4-7(13)5-2-3-6(10)9(12)8(5)11/h2-3,7,13H,4H2,1H3. The van der Waals surface area contributed by atoms with Gasteiger partial charge in [-0.3, -0.25) is 0 Å². The van der Waals surface area contributed by atoms with Crippen LogP contribution in [0.15, 0.2) is 16.6 Å². The van der Waals surface area contributed by atoms with Crippen LogP contribution in [0.25, 0.3) is 0 Å². The number of hydrogen-bond acceptors (Lipinski definition) is 3. The SMILES string of the molecule is CS(=O)(=O)CC(O)c1ccc(Br)c(F)c1F. The van der Waals surface area contributed by atoms with E-state index in [0.717, 1.165) is 12.3 Å². The maximum Gasteiger partial charge on any atom is 0.173 e. The summed E-state index contributed by atoms with van der Waals surface area (Å²) in [6.45, 7) is 0. The molecule has 7 heteroatoms. The Hall–Kier alpha value is -0.530. The zero-order valence-corrected chi connectivity index (χ0v) is 10.6. The third kappa shape index (κ3) is 3.23. The van der Waals surface area contributed by atoms with Crippen LogP contribution in [0.4, 0.5) is 8.78 Å². The van der Waals surface area contributed by atoms with Gasteiger partial charge in [0.05, 0.1) is 16.3 Å². The Labute approximate surface area is 100 Å². The highest BCUT2D eigenvalue weighted by Crippen LogP contribution is 2.25. The maximum atomic E-state index is 13.3. The normalized spacial score (nSPS) is 13.8. The van der Waals surface area contributed by atoms with E-state index < -0.39 is 33.3 Å². The van der Waals surface area contributed by atoms with Crippen molar-refractivity contribution in [1.82, 2.24) is 0 Å². The number of aliphatic hydroxyl groups excluding tert-OH is 1. The number of sulfone groups is 1.